The van der Waals surface area contributed by atoms with E-state index in [9.17, 15) is 174 Å². The van der Waals surface area contributed by atoms with Crippen LogP contribution in [0.4, 0.5) is 11.4 Å². The number of amides is 5. The van der Waals surface area contributed by atoms with Gasteiger partial charge in [-0.2, -0.15) is 60.0 Å². The van der Waals surface area contributed by atoms with Crippen molar-refractivity contribution in [2.45, 2.75) is 209 Å². The zero-order valence-electron chi connectivity index (χ0n) is 71.7. The van der Waals surface area contributed by atoms with E-state index in [2.05, 4.69) is 48.6 Å². The van der Waals surface area contributed by atoms with E-state index in [0.717, 1.165) is 44.1 Å². The highest BCUT2D eigenvalue weighted by Crippen LogP contribution is 2.41. The molecule has 0 saturated carbocycles. The lowest BCUT2D eigenvalue weighted by Crippen LogP contribution is -2.68. The first-order chi connectivity index (χ1) is 64.3. The van der Waals surface area contributed by atoms with E-state index >= 15 is 0 Å². The normalized spacial score (nSPS) is 28.6. The van der Waals surface area contributed by atoms with Gasteiger partial charge in [-0.3, -0.25) is 51.3 Å². The minimum atomic E-state index is -5.77. The number of unbranched alkanes of at least 4 members (excludes halogenated alkanes) is 1. The molecular formula is C68H107N9O53S8. The Balaban J connectivity index is 0.911. The Labute approximate surface area is 792 Å². The predicted molar refractivity (Wildman–Crippen MR) is 454 cm³/mol. The Kier molecular flexibility index (Phi) is 45.7. The molecule has 0 aromatic heterocycles. The molecule has 5 aliphatic heterocycles. The van der Waals surface area contributed by atoms with Crippen LogP contribution in [0.15, 0.2) is 48.5 Å². The summed E-state index contributed by atoms with van der Waals surface area (Å²) in [4.78, 5) is 92.6. The van der Waals surface area contributed by atoms with Crippen LogP contribution in [0, 0.1) is 0 Å². The van der Waals surface area contributed by atoms with Crippen LogP contribution in [0.2, 0.25) is 0 Å². The molecule has 2 aromatic rings. The summed E-state index contributed by atoms with van der Waals surface area (Å²) in [5.74, 6) is -6.58. The van der Waals surface area contributed by atoms with Gasteiger partial charge in [0.15, 0.2) is 49.6 Å². The number of hydrogen-bond acceptors (Lipinski definition) is 49. The number of methoxy groups -OCH3 is 2. The van der Waals surface area contributed by atoms with E-state index in [0.29, 0.717) is 11.7 Å². The highest BCUT2D eigenvalue weighted by Gasteiger charge is 2.59. The second-order valence-electron chi connectivity index (χ2n) is 30.7. The van der Waals surface area contributed by atoms with Crippen LogP contribution in [0.1, 0.15) is 52.8 Å². The number of aliphatic hydroxyl groups is 12. The van der Waals surface area contributed by atoms with Crippen molar-refractivity contribution in [3.05, 3.63) is 59.7 Å². The number of carbonyl (C=O) groups is 7. The summed E-state index contributed by atoms with van der Waals surface area (Å²) in [6, 6.07) is 5.65. The smallest absolute Gasteiger partial charge is 0.397 e. The monoisotopic (exact) mass is 2150 g/mol. The van der Waals surface area contributed by atoms with Gasteiger partial charge in [-0.1, -0.05) is 28.0 Å². The van der Waals surface area contributed by atoms with Crippen molar-refractivity contribution >= 4 is 137 Å². The number of carboxylic acid groups (broad SMARTS) is 2. The Morgan fingerprint density at radius 3 is 1.20 bits per heavy atom. The molecule has 5 amide bonds. The number of hydrogen-bond donors (Lipinski definition) is 28. The van der Waals surface area contributed by atoms with Gasteiger partial charge in [0, 0.05) is 93.4 Å². The summed E-state index contributed by atoms with van der Waals surface area (Å²) in [6.45, 7) is -8.72. The summed E-state index contributed by atoms with van der Waals surface area (Å²) in [5, 5.41) is 168. The average Bonchev–Trinajstić information content (AvgIpc) is 0.838. The van der Waals surface area contributed by atoms with Crippen LogP contribution in [0.25, 0.3) is 0 Å². The number of anilines is 2. The molecule has 13 unspecified atom stereocenters. The molecular weight excluding hydrogens is 2050 g/mol. The van der Waals surface area contributed by atoms with Crippen molar-refractivity contribution in [2.24, 2.45) is 0 Å². The number of nitrogens with zero attached hydrogens (tertiary/aromatic N) is 1. The summed E-state index contributed by atoms with van der Waals surface area (Å²) >= 11 is 0. The van der Waals surface area contributed by atoms with E-state index in [4.69, 9.17) is 56.5 Å². The largest absolute Gasteiger partial charge is 0.479 e. The van der Waals surface area contributed by atoms with Crippen molar-refractivity contribution in [3.63, 3.8) is 0 Å². The van der Waals surface area contributed by atoms with E-state index in [1.807, 2.05) is 0 Å². The minimum Gasteiger partial charge on any atom is -0.479 e. The van der Waals surface area contributed by atoms with Crippen LogP contribution in [0.3, 0.4) is 0 Å². The third kappa shape index (κ3) is 37.8. The average molecular weight is 2160 g/mol. The van der Waals surface area contributed by atoms with Gasteiger partial charge in [-0.25, -0.2) is 26.3 Å². The van der Waals surface area contributed by atoms with Gasteiger partial charge in [0.05, 0.1) is 51.7 Å². The maximum absolute atomic E-state index is 13.8. The van der Waals surface area contributed by atoms with E-state index in [-0.39, 0.29) is 55.1 Å². The number of ether oxygens (including phenoxy) is 10. The van der Waals surface area contributed by atoms with Gasteiger partial charge in [0.2, 0.25) is 17.7 Å². The number of aliphatic hydroxyl groups excluding tert-OH is 12. The lowest BCUT2D eigenvalue weighted by Gasteiger charge is -2.47. The molecule has 5 fully saturated rings. The fourth-order valence-electron chi connectivity index (χ4n) is 13.9. The van der Waals surface area contributed by atoms with Crippen LogP contribution in [-0.2, 0) is 150 Å². The van der Waals surface area contributed by atoms with Crippen molar-refractivity contribution in [2.75, 3.05) is 109 Å². The molecule has 790 valence electrons. The van der Waals surface area contributed by atoms with Crippen molar-refractivity contribution in [1.29, 1.82) is 0 Å². The fraction of sp³-hybridized carbons (Fsp3) is 0.721. The van der Waals surface area contributed by atoms with Gasteiger partial charge in [-0.05, 0) is 67.8 Å². The Morgan fingerprint density at radius 2 is 0.848 bits per heavy atom. The molecule has 5 heterocycles. The SMILES string of the molecule is CO[C@H]1C(COS(=O)(=O)O)O[C@@H](O[C@@H]2C(C(=O)O)O[C@@H](OCC(O)[C@@H](O)[C@@H](O)C(O)CNc3ccc(C(=O)NCCN(CCNC(=O)c4ccc(NCC(O)[C@H](O)[C@H](O)C(O)CO[C@@H]5OC(C(=O)O)[C@@H](O[C@@H]6OC(COS(=O)(=O)O)[C@H](OC)[C@@H](O)C6NS(=O)(=O)O)[C@@H](O)C5OS(=O)(=O)O)cc4)C(=O)CNC(=O)CNC(=O)CCCCC4CCSS4)cc3)C(OS(=O)(=O)O)[C@@H]2O)C(NS(=O)(=O)O)[C@@H]1O. The molecule has 7 rings (SSSR count). The summed E-state index contributed by atoms with van der Waals surface area (Å²) in [7, 11) is -27.6. The summed E-state index contributed by atoms with van der Waals surface area (Å²) < 4.78 is 272. The van der Waals surface area contributed by atoms with Gasteiger partial charge in [0.1, 0.15) is 110 Å². The molecule has 29 atom stereocenters. The van der Waals surface area contributed by atoms with Crippen LogP contribution >= 0.6 is 21.6 Å². The van der Waals surface area contributed by atoms with Crippen molar-refractivity contribution in [1.82, 2.24) is 35.6 Å². The molecule has 5 saturated heterocycles. The number of benzene rings is 2. The lowest BCUT2D eigenvalue weighted by molar-refractivity contribution is -0.340. The summed E-state index contributed by atoms with van der Waals surface area (Å²) in [6.07, 6.45) is -58.4. The number of rotatable bonds is 57. The predicted octanol–water partition coefficient (Wildman–Crippen LogP) is -12.8. The fourth-order valence-corrected chi connectivity index (χ4v) is 19.7. The summed E-state index contributed by atoms with van der Waals surface area (Å²) in [5.41, 5.74) is 0.266. The lowest BCUT2D eigenvalue weighted by atomic mass is 9.95. The van der Waals surface area contributed by atoms with Gasteiger partial charge in [-0.15, -0.1) is 0 Å². The highest BCUT2D eigenvalue weighted by atomic mass is 33.1. The number of nitrogens with one attached hydrogen (secondary N) is 8. The molecule has 0 radical (unpaired) electrons. The minimum absolute atomic E-state index is 0.0109. The molecule has 0 aliphatic carbocycles. The van der Waals surface area contributed by atoms with Crippen molar-refractivity contribution < 1.29 is 247 Å². The van der Waals surface area contributed by atoms with Crippen molar-refractivity contribution in [3.8, 4) is 0 Å². The molecule has 2 aromatic carbocycles. The molecule has 62 nitrogen and oxygen atoms in total. The zero-order chi connectivity index (χ0) is 103. The number of aliphatic carboxylic acids is 2. The number of carboxylic acids is 2. The third-order valence-electron chi connectivity index (χ3n) is 20.7. The van der Waals surface area contributed by atoms with Gasteiger partial charge in [0.25, 0.3) is 11.8 Å². The number of carbonyl (C=O) groups excluding carboxylic acids is 5. The topological polar surface area (TPSA) is 958 Å². The molecule has 70 heteroatoms. The molecule has 138 heavy (non-hydrogen) atoms. The molecule has 5 aliphatic rings. The Morgan fingerprint density at radius 1 is 0.464 bits per heavy atom. The highest BCUT2D eigenvalue weighted by molar-refractivity contribution is 8.77. The van der Waals surface area contributed by atoms with Gasteiger partial charge < -0.3 is 156 Å². The maximum Gasteiger partial charge on any atom is 0.397 e. The quantitative estimate of drug-likeness (QED) is 0.0166. The second-order valence-corrected chi connectivity index (χ2v) is 40.1. The Bertz CT molecular complexity index is 4760. The molecule has 0 bridgehead atoms. The first-order valence-electron chi connectivity index (χ1n) is 40.5. The van der Waals surface area contributed by atoms with Gasteiger partial charge >= 0.3 is 74.1 Å². The molecule has 0 spiro atoms. The van der Waals surface area contributed by atoms with E-state index in [1.54, 1.807) is 21.6 Å². The maximum atomic E-state index is 13.8. The van der Waals surface area contributed by atoms with Crippen LogP contribution < -0.4 is 41.3 Å². The van der Waals surface area contributed by atoms with Crippen LogP contribution in [0.5, 0.6) is 0 Å². The third-order valence-corrected chi connectivity index (χ3v) is 26.7. The standard InChI is InChI=1S/C68H107N9O53S8/c1-117-53-38(27-121-135(105,106)107)123-65(43(49(53)89)75-133(99,100)101)125-55-51(91)57(129-137(111,112)113)67(127-59(55)63(95)96)119-25-36(80)47(87)45(85)34(78)21-71-31-11-7-29(8-12-31)61(93)69-16-18-77(42(84)24-74-41(83)23-73-40(82)6-4-3-5-33-15-20-131-132-33)19-17-70-62(94)30-9-13-32(14-10-30)72-22-35(79)46(86)48(88)37(81)26-120-68-58(130-138(114,115)116)52(92)56(60(128-68)64(97)98)126-66-44(76-134(102,103)104)50(90)54(118-2)39(124-66)28-122-136(108,109)110/h7-14,33-39,43-60,65-68,71-72,75-76,78-81,85-92H,3-6,15-28H2,1-2H3,(H,69,93)(H,70,94)(H,73,82)(H,74,83)(H,95,96)(H,97,98)(H,99,100,101)(H,102,103,104)(H,105,106,107)(H,108,109,110)(H,111,112,113)(H,114,115,116)/t33?,34?,35?,36?,37?,38?,39?,43?,44?,45-,46-,47+,48+,49-,50-,51+,52+,53-,54-,55-,56-,57?,58?,59?,60?,65-,66-,67+,68+/m0/s1. The van der Waals surface area contributed by atoms with E-state index in [1.165, 1.54) is 58.0 Å². The Hall–Kier alpha value is -6.63. The van der Waals surface area contributed by atoms with Crippen LogP contribution in [-0.4, -0.2) is 471 Å². The zero-order valence-corrected chi connectivity index (χ0v) is 78.3. The van der Waals surface area contributed by atoms with E-state index < -0.39 is 328 Å². The first kappa shape index (κ1) is 118. The molecule has 28 N–H and O–H groups in total. The first-order valence-corrected chi connectivity index (χ1v) is 51.2. The second kappa shape index (κ2) is 53.3.